The normalized spacial score (nSPS) is 16.5. The molecule has 0 aromatic rings. The first kappa shape index (κ1) is 12.9. The van der Waals surface area contributed by atoms with Crippen molar-refractivity contribution >= 4 is 12.2 Å². The van der Waals surface area contributed by atoms with Crippen molar-refractivity contribution in [3.8, 4) is 0 Å². The van der Waals surface area contributed by atoms with Crippen LogP contribution in [0.1, 0.15) is 33.6 Å². The van der Waals surface area contributed by atoms with E-state index in [1.165, 1.54) is 7.11 Å². The summed E-state index contributed by atoms with van der Waals surface area (Å²) in [4.78, 5) is 10.6. The lowest BCUT2D eigenvalue weighted by Gasteiger charge is -2.34. The van der Waals surface area contributed by atoms with E-state index in [9.17, 15) is 4.79 Å². The summed E-state index contributed by atoms with van der Waals surface area (Å²) in [6.45, 7) is 5.92. The number of oxime groups is 1. The molecule has 0 amide bonds. The first-order valence-electron chi connectivity index (χ1n) is 4.79. The van der Waals surface area contributed by atoms with Gasteiger partial charge in [0.25, 0.3) is 0 Å². The van der Waals surface area contributed by atoms with E-state index in [0.717, 1.165) is 6.29 Å². The van der Waals surface area contributed by atoms with Crippen LogP contribution in [-0.2, 0) is 9.53 Å². The van der Waals surface area contributed by atoms with Crippen LogP contribution >= 0.6 is 0 Å². The summed E-state index contributed by atoms with van der Waals surface area (Å²) in [7, 11) is 1.45. The Morgan fingerprint density at radius 2 is 2.21 bits per heavy atom. The molecule has 0 bridgehead atoms. The van der Waals surface area contributed by atoms with E-state index in [2.05, 4.69) is 5.16 Å². The Kier molecular flexibility index (Phi) is 5.20. The molecule has 1 atom stereocenters. The maximum absolute atomic E-state index is 10.6. The topological polar surface area (TPSA) is 58.9 Å². The third kappa shape index (κ3) is 2.25. The van der Waals surface area contributed by atoms with Gasteiger partial charge in [-0.25, -0.2) is 0 Å². The van der Waals surface area contributed by atoms with Crippen molar-refractivity contribution in [1.82, 2.24) is 0 Å². The van der Waals surface area contributed by atoms with Crippen molar-refractivity contribution in [1.29, 1.82) is 0 Å². The third-order valence-corrected chi connectivity index (χ3v) is 2.89. The second kappa shape index (κ2) is 5.62. The summed E-state index contributed by atoms with van der Waals surface area (Å²) in [6, 6.07) is 0. The fraction of sp³-hybridized carbons (Fsp3) is 0.800. The molecule has 14 heavy (non-hydrogen) atoms. The Balaban J connectivity index is 5.10. The minimum atomic E-state index is -0.481. The van der Waals surface area contributed by atoms with E-state index in [0.29, 0.717) is 12.8 Å². The summed E-state index contributed by atoms with van der Waals surface area (Å²) in [5, 5.41) is 11.9. The molecular formula is C10H19NO3. The van der Waals surface area contributed by atoms with Gasteiger partial charge in [0, 0.05) is 6.42 Å². The molecule has 0 aliphatic rings. The van der Waals surface area contributed by atoms with Gasteiger partial charge in [0.1, 0.15) is 6.29 Å². The number of aldehydes is 1. The lowest BCUT2D eigenvalue weighted by Crippen LogP contribution is -2.37. The maximum atomic E-state index is 10.6. The van der Waals surface area contributed by atoms with Crippen LogP contribution in [0.25, 0.3) is 0 Å². The minimum Gasteiger partial charge on any atom is -0.482 e. The van der Waals surface area contributed by atoms with Gasteiger partial charge in [0.05, 0.1) is 12.5 Å². The predicted octanol–water partition coefficient (Wildman–Crippen LogP) is 2.06. The number of carbonyl (C=O) groups excluding carboxylic acids is 1. The SMILES string of the molecule is CCC(CC=O)(C(=NO)OC)C(C)C. The molecule has 0 heterocycles. The first-order valence-corrected chi connectivity index (χ1v) is 4.79. The number of methoxy groups -OCH3 is 1. The van der Waals surface area contributed by atoms with Gasteiger partial charge in [-0.2, -0.15) is 0 Å². The molecule has 0 fully saturated rings. The van der Waals surface area contributed by atoms with E-state index >= 15 is 0 Å². The largest absolute Gasteiger partial charge is 0.482 e. The smallest absolute Gasteiger partial charge is 0.232 e. The van der Waals surface area contributed by atoms with Gasteiger partial charge in [0.2, 0.25) is 5.90 Å². The van der Waals surface area contributed by atoms with E-state index in [1.54, 1.807) is 0 Å². The van der Waals surface area contributed by atoms with Gasteiger partial charge in [0.15, 0.2) is 0 Å². The highest BCUT2D eigenvalue weighted by Gasteiger charge is 2.39. The van der Waals surface area contributed by atoms with Crippen molar-refractivity contribution in [2.45, 2.75) is 33.6 Å². The van der Waals surface area contributed by atoms with Crippen molar-refractivity contribution in [2.75, 3.05) is 7.11 Å². The number of ether oxygens (including phenoxy) is 1. The summed E-state index contributed by atoms with van der Waals surface area (Å²) in [5.41, 5.74) is -0.481. The first-order chi connectivity index (χ1) is 6.58. The molecule has 4 nitrogen and oxygen atoms in total. The number of hydrogen-bond donors (Lipinski definition) is 1. The molecule has 82 valence electrons. The van der Waals surface area contributed by atoms with E-state index in [4.69, 9.17) is 9.94 Å². The third-order valence-electron chi connectivity index (χ3n) is 2.89. The Labute approximate surface area is 84.9 Å². The number of hydrogen-bond acceptors (Lipinski definition) is 4. The lowest BCUT2D eigenvalue weighted by atomic mass is 9.72. The summed E-state index contributed by atoms with van der Waals surface area (Å²) in [5.74, 6) is 0.422. The minimum absolute atomic E-state index is 0.184. The molecule has 0 rings (SSSR count). The molecule has 0 aromatic heterocycles. The molecular weight excluding hydrogens is 182 g/mol. The van der Waals surface area contributed by atoms with Gasteiger partial charge in [-0.1, -0.05) is 25.9 Å². The summed E-state index contributed by atoms with van der Waals surface area (Å²) >= 11 is 0. The summed E-state index contributed by atoms with van der Waals surface area (Å²) in [6.07, 6.45) is 1.86. The number of carbonyl (C=O) groups is 1. The van der Waals surface area contributed by atoms with Crippen LogP contribution in [0.5, 0.6) is 0 Å². The molecule has 0 spiro atoms. The highest BCUT2D eigenvalue weighted by Crippen LogP contribution is 2.36. The molecule has 0 saturated heterocycles. The van der Waals surface area contributed by atoms with Gasteiger partial charge < -0.3 is 14.7 Å². The standard InChI is InChI=1S/C10H19NO3/c1-5-10(6-7-12,8(2)3)9(11-13)14-4/h7-8,13H,5-6H2,1-4H3. The Morgan fingerprint density at radius 3 is 2.43 bits per heavy atom. The molecule has 0 aromatic carbocycles. The Hall–Kier alpha value is -1.06. The van der Waals surface area contributed by atoms with Crippen molar-refractivity contribution in [2.24, 2.45) is 16.5 Å². The second-order valence-corrected chi connectivity index (χ2v) is 3.64. The van der Waals surface area contributed by atoms with Crippen LogP contribution in [0.4, 0.5) is 0 Å². The van der Waals surface area contributed by atoms with Crippen LogP contribution in [0.2, 0.25) is 0 Å². The zero-order valence-corrected chi connectivity index (χ0v) is 9.28. The molecule has 0 aliphatic carbocycles. The summed E-state index contributed by atoms with van der Waals surface area (Å²) < 4.78 is 5.01. The van der Waals surface area contributed by atoms with E-state index in [-0.39, 0.29) is 11.8 Å². The highest BCUT2D eigenvalue weighted by atomic mass is 16.5. The van der Waals surface area contributed by atoms with Crippen molar-refractivity contribution in [3.05, 3.63) is 0 Å². The van der Waals surface area contributed by atoms with Gasteiger partial charge >= 0.3 is 0 Å². The van der Waals surface area contributed by atoms with Crippen LogP contribution in [-0.4, -0.2) is 24.5 Å². The van der Waals surface area contributed by atoms with Crippen molar-refractivity contribution < 1.29 is 14.7 Å². The lowest BCUT2D eigenvalue weighted by molar-refractivity contribution is -0.109. The number of nitrogens with zero attached hydrogens (tertiary/aromatic N) is 1. The van der Waals surface area contributed by atoms with E-state index in [1.807, 2.05) is 20.8 Å². The number of rotatable bonds is 5. The Morgan fingerprint density at radius 1 is 1.64 bits per heavy atom. The maximum Gasteiger partial charge on any atom is 0.232 e. The zero-order chi connectivity index (χ0) is 11.2. The molecule has 4 heteroatoms. The van der Waals surface area contributed by atoms with Crippen molar-refractivity contribution in [3.63, 3.8) is 0 Å². The van der Waals surface area contributed by atoms with Crippen LogP contribution in [0.3, 0.4) is 0 Å². The van der Waals surface area contributed by atoms with Crippen LogP contribution in [0, 0.1) is 11.3 Å². The van der Waals surface area contributed by atoms with Gasteiger partial charge in [-0.3, -0.25) is 0 Å². The average molecular weight is 201 g/mol. The monoisotopic (exact) mass is 201 g/mol. The Bertz CT molecular complexity index is 213. The quantitative estimate of drug-likeness (QED) is 0.243. The average Bonchev–Trinajstić information content (AvgIpc) is 2.17. The molecule has 1 unspecified atom stereocenters. The predicted molar refractivity (Wildman–Crippen MR) is 54.5 cm³/mol. The molecule has 0 aliphatic heterocycles. The zero-order valence-electron chi connectivity index (χ0n) is 9.28. The van der Waals surface area contributed by atoms with Gasteiger partial charge in [-0.05, 0) is 12.3 Å². The highest BCUT2D eigenvalue weighted by molar-refractivity contribution is 5.84. The molecule has 0 saturated carbocycles. The second-order valence-electron chi connectivity index (χ2n) is 3.64. The van der Waals surface area contributed by atoms with Crippen LogP contribution in [0.15, 0.2) is 5.16 Å². The van der Waals surface area contributed by atoms with Gasteiger partial charge in [-0.15, -0.1) is 0 Å². The molecule has 0 radical (unpaired) electrons. The van der Waals surface area contributed by atoms with Crippen LogP contribution < -0.4 is 0 Å². The fourth-order valence-electron chi connectivity index (χ4n) is 1.77. The van der Waals surface area contributed by atoms with E-state index < -0.39 is 5.41 Å². The fourth-order valence-corrected chi connectivity index (χ4v) is 1.77. The molecule has 1 N–H and O–H groups in total.